The van der Waals surface area contributed by atoms with Crippen LogP contribution in [0.3, 0.4) is 0 Å². The average Bonchev–Trinajstić information content (AvgIpc) is 3.21. The molecule has 1 saturated heterocycles. The SMILES string of the molecule is CC(C)[C@H](O)C(C)(C)CNC(=O)NC[C@@H]1CCN(C2CC2)C1. The summed E-state index contributed by atoms with van der Waals surface area (Å²) in [5.74, 6) is 0.771. The number of rotatable bonds is 7. The Balaban J connectivity index is 1.63. The van der Waals surface area contributed by atoms with Gasteiger partial charge in [0, 0.05) is 31.1 Å². The molecule has 128 valence electrons. The predicted octanol–water partition coefficient (Wildman–Crippen LogP) is 1.81. The molecule has 0 spiro atoms. The number of nitrogens with zero attached hydrogens (tertiary/aromatic N) is 1. The second-order valence-electron chi connectivity index (χ2n) is 8.12. The fourth-order valence-electron chi connectivity index (χ4n) is 3.42. The van der Waals surface area contributed by atoms with Crippen molar-refractivity contribution in [2.45, 2.75) is 59.1 Å². The number of hydrogen-bond donors (Lipinski definition) is 3. The molecule has 22 heavy (non-hydrogen) atoms. The molecule has 1 aliphatic carbocycles. The van der Waals surface area contributed by atoms with Crippen LogP contribution >= 0.6 is 0 Å². The molecule has 1 heterocycles. The second kappa shape index (κ2) is 7.18. The van der Waals surface area contributed by atoms with E-state index in [4.69, 9.17) is 0 Å². The lowest BCUT2D eigenvalue weighted by Crippen LogP contribution is -2.47. The van der Waals surface area contributed by atoms with Crippen LogP contribution in [0.15, 0.2) is 0 Å². The maximum Gasteiger partial charge on any atom is 0.314 e. The highest BCUT2D eigenvalue weighted by atomic mass is 16.3. The van der Waals surface area contributed by atoms with Gasteiger partial charge in [0.2, 0.25) is 0 Å². The van der Waals surface area contributed by atoms with E-state index in [9.17, 15) is 9.90 Å². The molecule has 0 unspecified atom stereocenters. The van der Waals surface area contributed by atoms with Crippen LogP contribution < -0.4 is 10.6 Å². The van der Waals surface area contributed by atoms with E-state index in [2.05, 4.69) is 15.5 Å². The Kier molecular flexibility index (Phi) is 5.72. The average molecular weight is 311 g/mol. The van der Waals surface area contributed by atoms with Gasteiger partial charge in [0.15, 0.2) is 0 Å². The van der Waals surface area contributed by atoms with Crippen LogP contribution in [-0.2, 0) is 0 Å². The third kappa shape index (κ3) is 4.85. The minimum atomic E-state index is -0.422. The van der Waals surface area contributed by atoms with E-state index < -0.39 is 6.10 Å². The number of aliphatic hydroxyl groups is 1. The standard InChI is InChI=1S/C17H33N3O2/c1-12(2)15(21)17(3,4)11-19-16(22)18-9-13-7-8-20(10-13)14-5-6-14/h12-15,21H,5-11H2,1-4H3,(H2,18,19,22)/t13-,15-/m0/s1. The third-order valence-corrected chi connectivity index (χ3v) is 5.07. The van der Waals surface area contributed by atoms with Crippen molar-refractivity contribution in [2.75, 3.05) is 26.2 Å². The van der Waals surface area contributed by atoms with Gasteiger partial charge in [0.1, 0.15) is 0 Å². The Morgan fingerprint density at radius 3 is 2.55 bits per heavy atom. The van der Waals surface area contributed by atoms with Crippen molar-refractivity contribution in [2.24, 2.45) is 17.3 Å². The molecule has 2 fully saturated rings. The summed E-state index contributed by atoms with van der Waals surface area (Å²) in [6, 6.07) is 0.714. The van der Waals surface area contributed by atoms with E-state index in [0.29, 0.717) is 12.5 Å². The van der Waals surface area contributed by atoms with Gasteiger partial charge in [0.25, 0.3) is 0 Å². The first-order valence-corrected chi connectivity index (χ1v) is 8.73. The first-order valence-electron chi connectivity index (χ1n) is 8.73. The maximum atomic E-state index is 11.9. The van der Waals surface area contributed by atoms with Crippen molar-refractivity contribution in [3.63, 3.8) is 0 Å². The summed E-state index contributed by atoms with van der Waals surface area (Å²) in [6.45, 7) is 11.5. The lowest BCUT2D eigenvalue weighted by molar-refractivity contribution is 0.0151. The van der Waals surface area contributed by atoms with Crippen molar-refractivity contribution in [1.82, 2.24) is 15.5 Å². The lowest BCUT2D eigenvalue weighted by atomic mass is 9.81. The lowest BCUT2D eigenvalue weighted by Gasteiger charge is -2.33. The minimum absolute atomic E-state index is 0.117. The minimum Gasteiger partial charge on any atom is -0.392 e. The summed E-state index contributed by atoms with van der Waals surface area (Å²) in [7, 11) is 0. The van der Waals surface area contributed by atoms with Gasteiger partial charge in [-0.3, -0.25) is 0 Å². The van der Waals surface area contributed by atoms with E-state index >= 15 is 0 Å². The van der Waals surface area contributed by atoms with Crippen LogP contribution in [0.4, 0.5) is 4.79 Å². The molecule has 2 rings (SSSR count). The highest BCUT2D eigenvalue weighted by molar-refractivity contribution is 5.73. The molecule has 1 saturated carbocycles. The van der Waals surface area contributed by atoms with Crippen LogP contribution in [0.25, 0.3) is 0 Å². The predicted molar refractivity (Wildman–Crippen MR) is 88.7 cm³/mol. The van der Waals surface area contributed by atoms with Crippen LogP contribution in [0, 0.1) is 17.3 Å². The number of aliphatic hydroxyl groups excluding tert-OH is 1. The van der Waals surface area contributed by atoms with Crippen molar-refractivity contribution < 1.29 is 9.90 Å². The molecular formula is C17H33N3O2. The zero-order valence-electron chi connectivity index (χ0n) is 14.6. The van der Waals surface area contributed by atoms with Gasteiger partial charge in [-0.1, -0.05) is 27.7 Å². The molecule has 2 atom stereocenters. The summed E-state index contributed by atoms with van der Waals surface area (Å²) in [5, 5.41) is 16.1. The van der Waals surface area contributed by atoms with Crippen molar-refractivity contribution in [3.8, 4) is 0 Å². The second-order valence-corrected chi connectivity index (χ2v) is 8.12. The summed E-state index contributed by atoms with van der Waals surface area (Å²) < 4.78 is 0. The molecule has 5 nitrogen and oxygen atoms in total. The van der Waals surface area contributed by atoms with E-state index in [1.165, 1.54) is 25.8 Å². The largest absolute Gasteiger partial charge is 0.392 e. The molecule has 5 heteroatoms. The molecule has 2 amide bonds. The zero-order valence-corrected chi connectivity index (χ0v) is 14.6. The maximum absolute atomic E-state index is 11.9. The highest BCUT2D eigenvalue weighted by Gasteiger charge is 2.34. The molecule has 2 aliphatic rings. The van der Waals surface area contributed by atoms with Crippen LogP contribution in [0.2, 0.25) is 0 Å². The Labute approximate surface area is 134 Å². The monoisotopic (exact) mass is 311 g/mol. The summed E-state index contributed by atoms with van der Waals surface area (Å²) in [6.07, 6.45) is 3.48. The van der Waals surface area contributed by atoms with Crippen molar-refractivity contribution >= 4 is 6.03 Å². The first kappa shape index (κ1) is 17.5. The first-order chi connectivity index (χ1) is 10.3. The van der Waals surface area contributed by atoms with Crippen LogP contribution in [-0.4, -0.2) is 54.4 Å². The molecule has 0 aromatic rings. The van der Waals surface area contributed by atoms with Crippen molar-refractivity contribution in [1.29, 1.82) is 0 Å². The van der Waals surface area contributed by atoms with Gasteiger partial charge in [0.05, 0.1) is 6.10 Å². The number of carbonyl (C=O) groups is 1. The number of hydrogen-bond acceptors (Lipinski definition) is 3. The van der Waals surface area contributed by atoms with Gasteiger partial charge in [-0.15, -0.1) is 0 Å². The number of carbonyl (C=O) groups excluding carboxylic acids is 1. The van der Waals surface area contributed by atoms with Crippen molar-refractivity contribution in [3.05, 3.63) is 0 Å². The normalized spacial score (nSPS) is 24.5. The zero-order chi connectivity index (χ0) is 16.3. The molecule has 0 aromatic heterocycles. The number of nitrogens with one attached hydrogen (secondary N) is 2. The molecule has 0 bridgehead atoms. The van der Waals surface area contributed by atoms with Gasteiger partial charge in [-0.25, -0.2) is 4.79 Å². The number of likely N-dealkylation sites (tertiary alicyclic amines) is 1. The Morgan fingerprint density at radius 2 is 1.95 bits per heavy atom. The third-order valence-electron chi connectivity index (χ3n) is 5.07. The van der Waals surface area contributed by atoms with Gasteiger partial charge in [-0.05, 0) is 37.6 Å². The molecular weight excluding hydrogens is 278 g/mol. The fraction of sp³-hybridized carbons (Fsp3) is 0.941. The van der Waals surface area contributed by atoms with E-state index in [-0.39, 0.29) is 17.4 Å². The van der Waals surface area contributed by atoms with Gasteiger partial charge < -0.3 is 20.6 Å². The smallest absolute Gasteiger partial charge is 0.314 e. The fourth-order valence-corrected chi connectivity index (χ4v) is 3.42. The van der Waals surface area contributed by atoms with E-state index in [1.807, 2.05) is 27.7 Å². The topological polar surface area (TPSA) is 64.6 Å². The molecule has 0 radical (unpaired) electrons. The molecule has 0 aromatic carbocycles. The van der Waals surface area contributed by atoms with Crippen LogP contribution in [0.1, 0.15) is 47.0 Å². The van der Waals surface area contributed by atoms with Gasteiger partial charge >= 0.3 is 6.03 Å². The summed E-state index contributed by atoms with van der Waals surface area (Å²) >= 11 is 0. The van der Waals surface area contributed by atoms with Gasteiger partial charge in [-0.2, -0.15) is 0 Å². The number of urea groups is 1. The highest BCUT2D eigenvalue weighted by Crippen LogP contribution is 2.31. The molecule has 3 N–H and O–H groups in total. The van der Waals surface area contributed by atoms with E-state index in [0.717, 1.165) is 19.1 Å². The van der Waals surface area contributed by atoms with E-state index in [1.54, 1.807) is 0 Å². The molecule has 1 aliphatic heterocycles. The number of amides is 2. The van der Waals surface area contributed by atoms with Crippen LogP contribution in [0.5, 0.6) is 0 Å². The quantitative estimate of drug-likeness (QED) is 0.672. The summed E-state index contributed by atoms with van der Waals surface area (Å²) in [5.41, 5.74) is -0.318. The Hall–Kier alpha value is -0.810. The Bertz CT molecular complexity index is 380. The Morgan fingerprint density at radius 1 is 1.27 bits per heavy atom. The summed E-state index contributed by atoms with van der Waals surface area (Å²) in [4.78, 5) is 14.5.